The minimum atomic E-state index is -3.19. The number of sulfonamides is 1. The number of rotatable bonds is 4. The molecule has 1 aliphatic heterocycles. The fourth-order valence-electron chi connectivity index (χ4n) is 5.39. The minimum absolute atomic E-state index is 0.0691. The van der Waals surface area contributed by atoms with E-state index in [1.807, 2.05) is 6.07 Å². The Kier molecular flexibility index (Phi) is 7.30. The van der Waals surface area contributed by atoms with Crippen molar-refractivity contribution in [2.45, 2.75) is 25.2 Å². The van der Waals surface area contributed by atoms with Gasteiger partial charge in [0.2, 0.25) is 0 Å². The van der Waals surface area contributed by atoms with Crippen LogP contribution in [0.2, 0.25) is 0 Å². The first-order valence-electron chi connectivity index (χ1n) is 12.6. The number of non-ortho nitro benzene ring substituents is 1. The normalized spacial score (nSPS) is 17.4. The molecule has 1 unspecified atom stereocenters. The quantitative estimate of drug-likeness (QED) is 0.117. The lowest BCUT2D eigenvalue weighted by Crippen LogP contribution is -2.25. The molecule has 0 amide bonds. The molecule has 6 rings (SSSR count). The molecule has 0 saturated carbocycles. The van der Waals surface area contributed by atoms with Crippen LogP contribution in [0.5, 0.6) is 0 Å². The van der Waals surface area contributed by atoms with Crippen LogP contribution in [0.15, 0.2) is 103 Å². The lowest BCUT2D eigenvalue weighted by Gasteiger charge is -2.27. The number of nitro groups is 1. The Balaban J connectivity index is 0.000000237. The van der Waals surface area contributed by atoms with Gasteiger partial charge in [-0.05, 0) is 75.7 Å². The number of aryl methyl sites for hydroxylation is 1. The molecule has 4 aromatic carbocycles. The van der Waals surface area contributed by atoms with Crippen molar-refractivity contribution in [1.82, 2.24) is 4.31 Å². The molecule has 0 N–H and O–H groups in total. The summed E-state index contributed by atoms with van der Waals surface area (Å²) in [6.07, 6.45) is 9.01. The third-order valence-electron chi connectivity index (χ3n) is 7.19. The van der Waals surface area contributed by atoms with E-state index in [0.717, 1.165) is 36.3 Å². The van der Waals surface area contributed by atoms with E-state index in [4.69, 9.17) is 0 Å². The highest BCUT2D eigenvalue weighted by Gasteiger charge is 2.26. The minimum Gasteiger partial charge on any atom is -0.270 e. The zero-order valence-electron chi connectivity index (χ0n) is 21.2. The summed E-state index contributed by atoms with van der Waals surface area (Å²) in [4.78, 5) is 10.4. The Bertz CT molecular complexity index is 1760. The van der Waals surface area contributed by atoms with Crippen LogP contribution in [-0.2, 0) is 16.4 Å². The Labute approximate surface area is 226 Å². The van der Waals surface area contributed by atoms with Crippen molar-refractivity contribution in [3.05, 3.63) is 136 Å². The molecule has 6 nitrogen and oxygen atoms in total. The number of nitrogens with zero attached hydrogens (tertiary/aromatic N) is 2. The van der Waals surface area contributed by atoms with Gasteiger partial charge < -0.3 is 0 Å². The van der Waals surface area contributed by atoms with Crippen LogP contribution in [0, 0.1) is 15.9 Å². The molecule has 1 atom stereocenters. The van der Waals surface area contributed by atoms with Gasteiger partial charge in [-0.1, -0.05) is 54.6 Å². The number of allylic oxidation sites excluding steroid dienone is 2. The van der Waals surface area contributed by atoms with Crippen LogP contribution in [-0.4, -0.2) is 24.2 Å². The highest BCUT2D eigenvalue weighted by atomic mass is 32.2. The van der Waals surface area contributed by atoms with Gasteiger partial charge in [0.25, 0.3) is 15.7 Å². The standard InChI is InChI=1S/C24H18FNO2.C7H9NO2S/c25-24-14-16(26(27)28)9-11-23(24)19-7-3-6-18-21-10-8-15-4-1-2-5-17(15)20(21)12-13-22(18)19;1-2-5-8-6-3-4-7-11(8,9)10/h1-2,4-5,8-14,19H,3,6-7H2;2-4,6-7H,1,5H2. The second-order valence-electron chi connectivity index (χ2n) is 9.50. The average molecular weight is 543 g/mol. The number of benzene rings is 4. The molecule has 0 saturated heterocycles. The summed E-state index contributed by atoms with van der Waals surface area (Å²) in [5.41, 5.74) is 2.76. The van der Waals surface area contributed by atoms with E-state index in [1.54, 1.807) is 18.2 Å². The molecule has 1 heterocycles. The summed E-state index contributed by atoms with van der Waals surface area (Å²) in [6.45, 7) is 3.78. The number of nitro benzene ring substituents is 1. The van der Waals surface area contributed by atoms with Gasteiger partial charge in [-0.3, -0.25) is 14.4 Å². The maximum absolute atomic E-state index is 14.7. The van der Waals surface area contributed by atoms with Crippen molar-refractivity contribution in [1.29, 1.82) is 0 Å². The first kappa shape index (κ1) is 26.3. The highest BCUT2D eigenvalue weighted by Crippen LogP contribution is 2.42. The zero-order valence-corrected chi connectivity index (χ0v) is 22.0. The van der Waals surface area contributed by atoms with Crippen LogP contribution in [0.25, 0.3) is 21.5 Å². The van der Waals surface area contributed by atoms with Crippen molar-refractivity contribution < 1.29 is 17.7 Å². The molecule has 0 bridgehead atoms. The monoisotopic (exact) mass is 542 g/mol. The third kappa shape index (κ3) is 5.20. The van der Waals surface area contributed by atoms with E-state index in [-0.39, 0.29) is 11.6 Å². The molecule has 4 aromatic rings. The Morgan fingerprint density at radius 1 is 1.00 bits per heavy atom. The predicted molar refractivity (Wildman–Crippen MR) is 153 cm³/mol. The van der Waals surface area contributed by atoms with Crippen LogP contribution in [0.4, 0.5) is 10.1 Å². The predicted octanol–water partition coefficient (Wildman–Crippen LogP) is 7.35. The smallest absolute Gasteiger partial charge is 0.270 e. The van der Waals surface area contributed by atoms with Crippen LogP contribution in [0.3, 0.4) is 0 Å². The summed E-state index contributed by atoms with van der Waals surface area (Å²) in [5, 5.41) is 17.0. The van der Waals surface area contributed by atoms with Crippen molar-refractivity contribution in [2.24, 2.45) is 0 Å². The second kappa shape index (κ2) is 10.8. The van der Waals surface area contributed by atoms with E-state index >= 15 is 0 Å². The number of fused-ring (bicyclic) bond motifs is 5. The van der Waals surface area contributed by atoms with E-state index in [0.29, 0.717) is 12.1 Å². The molecule has 8 heteroatoms. The van der Waals surface area contributed by atoms with Gasteiger partial charge in [0.05, 0.1) is 22.9 Å². The van der Waals surface area contributed by atoms with Gasteiger partial charge in [0.1, 0.15) is 5.82 Å². The third-order valence-corrected chi connectivity index (χ3v) is 8.61. The van der Waals surface area contributed by atoms with Crippen LogP contribution < -0.4 is 0 Å². The Morgan fingerprint density at radius 2 is 1.77 bits per heavy atom. The molecular weight excluding hydrogens is 515 g/mol. The highest BCUT2D eigenvalue weighted by molar-refractivity contribution is 7.92. The topological polar surface area (TPSA) is 80.5 Å². The lowest BCUT2D eigenvalue weighted by molar-refractivity contribution is -0.385. The van der Waals surface area contributed by atoms with Gasteiger partial charge in [-0.15, -0.1) is 6.58 Å². The lowest BCUT2D eigenvalue weighted by atomic mass is 9.76. The molecule has 39 heavy (non-hydrogen) atoms. The molecule has 0 fully saturated rings. The molecule has 0 aromatic heterocycles. The summed E-state index contributed by atoms with van der Waals surface area (Å²) >= 11 is 0. The zero-order chi connectivity index (χ0) is 27.6. The molecule has 0 spiro atoms. The molecular formula is C31H27FN2O4S. The first-order chi connectivity index (χ1) is 18.8. The Hall–Kier alpha value is -4.30. The fourth-order valence-corrected chi connectivity index (χ4v) is 6.39. The number of hydrogen-bond donors (Lipinski definition) is 0. The van der Waals surface area contributed by atoms with Crippen molar-refractivity contribution in [3.63, 3.8) is 0 Å². The molecule has 2 aliphatic rings. The maximum atomic E-state index is 14.7. The van der Waals surface area contributed by atoms with Crippen molar-refractivity contribution in [2.75, 3.05) is 6.54 Å². The van der Waals surface area contributed by atoms with Gasteiger partial charge >= 0.3 is 0 Å². The summed E-state index contributed by atoms with van der Waals surface area (Å²) < 4.78 is 38.2. The number of halogens is 1. The van der Waals surface area contributed by atoms with E-state index < -0.39 is 20.8 Å². The molecule has 198 valence electrons. The van der Waals surface area contributed by atoms with E-state index in [9.17, 15) is 22.9 Å². The van der Waals surface area contributed by atoms with E-state index in [1.165, 1.54) is 49.8 Å². The van der Waals surface area contributed by atoms with Gasteiger partial charge in [-0.2, -0.15) is 0 Å². The first-order valence-corrected chi connectivity index (χ1v) is 14.1. The van der Waals surface area contributed by atoms with Gasteiger partial charge in [0.15, 0.2) is 0 Å². The Morgan fingerprint density at radius 3 is 2.51 bits per heavy atom. The van der Waals surface area contributed by atoms with Crippen molar-refractivity contribution >= 4 is 37.3 Å². The van der Waals surface area contributed by atoms with E-state index in [2.05, 4.69) is 49.0 Å². The SMILES string of the molecule is C=CCN1C=CC=CS1(=O)=O.O=[N+]([O-])c1ccc(C2CCCc3c2ccc2c3ccc3ccccc32)c(F)c1. The van der Waals surface area contributed by atoms with Crippen LogP contribution in [0.1, 0.15) is 35.4 Å². The summed E-state index contributed by atoms with van der Waals surface area (Å²) in [6, 6.07) is 20.9. The maximum Gasteiger partial charge on any atom is 0.272 e. The molecule has 1 aliphatic carbocycles. The molecule has 0 radical (unpaired) electrons. The largest absolute Gasteiger partial charge is 0.272 e. The van der Waals surface area contributed by atoms with Crippen LogP contribution >= 0.6 is 0 Å². The summed E-state index contributed by atoms with van der Waals surface area (Å²) in [5.74, 6) is -0.564. The summed E-state index contributed by atoms with van der Waals surface area (Å²) in [7, 11) is -3.19. The van der Waals surface area contributed by atoms with Crippen molar-refractivity contribution in [3.8, 4) is 0 Å². The number of hydrogen-bond acceptors (Lipinski definition) is 4. The second-order valence-corrected chi connectivity index (χ2v) is 11.3. The fraction of sp³-hybridized carbons (Fsp3) is 0.161. The van der Waals surface area contributed by atoms with Gasteiger partial charge in [-0.25, -0.2) is 12.8 Å². The average Bonchev–Trinajstić information content (AvgIpc) is 2.94. The van der Waals surface area contributed by atoms with Gasteiger partial charge in [0, 0.05) is 18.2 Å².